The van der Waals surface area contributed by atoms with Gasteiger partial charge in [-0.05, 0) is 19.8 Å². The summed E-state index contributed by atoms with van der Waals surface area (Å²) < 4.78 is 4.62. The van der Waals surface area contributed by atoms with Gasteiger partial charge in [0.15, 0.2) is 5.82 Å². The number of hydrogen-bond acceptors (Lipinski definition) is 4. The molecule has 5 heteroatoms. The summed E-state index contributed by atoms with van der Waals surface area (Å²) in [5, 5.41) is 3.70. The number of aliphatic imine (C=N–C) groups is 1. The zero-order chi connectivity index (χ0) is 9.26. The number of nitrogens with zero attached hydrogens (tertiary/aromatic N) is 3. The maximum absolute atomic E-state index is 5.75. The van der Waals surface area contributed by atoms with Crippen molar-refractivity contribution in [3.05, 3.63) is 12.2 Å². The first-order valence-electron chi connectivity index (χ1n) is 4.37. The zero-order valence-electron chi connectivity index (χ0n) is 7.47. The summed E-state index contributed by atoms with van der Waals surface area (Å²) in [6.45, 7) is 1.90. The van der Waals surface area contributed by atoms with Crippen molar-refractivity contribution in [1.29, 1.82) is 0 Å². The van der Waals surface area contributed by atoms with Gasteiger partial charge in [-0.15, -0.1) is 0 Å². The zero-order valence-corrected chi connectivity index (χ0v) is 7.47. The molecule has 0 saturated heterocycles. The van der Waals surface area contributed by atoms with Gasteiger partial charge in [0, 0.05) is 5.92 Å². The van der Waals surface area contributed by atoms with Gasteiger partial charge in [-0.3, -0.25) is 4.99 Å². The molecule has 0 amide bonds. The molecule has 13 heavy (non-hydrogen) atoms. The Morgan fingerprint density at radius 2 is 2.54 bits per heavy atom. The monoisotopic (exact) mass is 180 g/mol. The molecule has 0 aliphatic heterocycles. The van der Waals surface area contributed by atoms with Gasteiger partial charge in [0.2, 0.25) is 6.39 Å². The van der Waals surface area contributed by atoms with Gasteiger partial charge in [-0.2, -0.15) is 4.98 Å². The molecule has 1 aliphatic carbocycles. The standard InChI is InChI=1S/C8H12N4O/c1-5(8-10-4-13-12-8)11-7(9)6-2-3-6/h4-6H,2-3H2,1H3,(H2,9,11). The van der Waals surface area contributed by atoms with E-state index in [-0.39, 0.29) is 6.04 Å². The molecule has 1 saturated carbocycles. The van der Waals surface area contributed by atoms with Crippen LogP contribution in [-0.2, 0) is 0 Å². The largest absolute Gasteiger partial charge is 0.387 e. The highest BCUT2D eigenvalue weighted by Crippen LogP contribution is 2.29. The molecule has 0 spiro atoms. The molecule has 2 N–H and O–H groups in total. The molecular weight excluding hydrogens is 168 g/mol. The summed E-state index contributed by atoms with van der Waals surface area (Å²) in [5.74, 6) is 1.80. The minimum atomic E-state index is -0.0978. The van der Waals surface area contributed by atoms with Gasteiger partial charge in [-0.1, -0.05) is 5.16 Å². The van der Waals surface area contributed by atoms with Crippen molar-refractivity contribution < 1.29 is 4.52 Å². The molecule has 1 heterocycles. The Morgan fingerprint density at radius 3 is 3.08 bits per heavy atom. The predicted molar refractivity (Wildman–Crippen MR) is 47.1 cm³/mol. The summed E-state index contributed by atoms with van der Waals surface area (Å²) in [4.78, 5) is 8.20. The SMILES string of the molecule is CC(N=C(N)C1CC1)c1ncon1. The molecule has 70 valence electrons. The second-order valence-corrected chi connectivity index (χ2v) is 3.29. The molecule has 1 fully saturated rings. The lowest BCUT2D eigenvalue weighted by molar-refractivity contribution is 0.406. The van der Waals surface area contributed by atoms with Crippen LogP contribution in [0.5, 0.6) is 0 Å². The van der Waals surface area contributed by atoms with Crippen LogP contribution < -0.4 is 5.73 Å². The smallest absolute Gasteiger partial charge is 0.213 e. The number of amidine groups is 1. The predicted octanol–water partition coefficient (Wildman–Crippen LogP) is 0.898. The van der Waals surface area contributed by atoms with E-state index in [2.05, 4.69) is 19.7 Å². The quantitative estimate of drug-likeness (QED) is 0.553. The topological polar surface area (TPSA) is 77.3 Å². The van der Waals surface area contributed by atoms with Crippen LogP contribution in [0.4, 0.5) is 0 Å². The maximum Gasteiger partial charge on any atom is 0.213 e. The molecule has 5 nitrogen and oxygen atoms in total. The summed E-state index contributed by atoms with van der Waals surface area (Å²) in [6.07, 6.45) is 3.62. The van der Waals surface area contributed by atoms with Crippen molar-refractivity contribution in [2.24, 2.45) is 16.6 Å². The van der Waals surface area contributed by atoms with Crippen LogP contribution in [0.2, 0.25) is 0 Å². The molecule has 0 aromatic carbocycles. The lowest BCUT2D eigenvalue weighted by Gasteiger charge is -2.01. The molecule has 1 aliphatic rings. The number of aromatic nitrogens is 2. The van der Waals surface area contributed by atoms with E-state index >= 15 is 0 Å². The Balaban J connectivity index is 2.05. The lowest BCUT2D eigenvalue weighted by atomic mass is 10.3. The van der Waals surface area contributed by atoms with Crippen molar-refractivity contribution >= 4 is 5.84 Å². The van der Waals surface area contributed by atoms with Crippen molar-refractivity contribution in [2.75, 3.05) is 0 Å². The summed E-state index contributed by atoms with van der Waals surface area (Å²) >= 11 is 0. The van der Waals surface area contributed by atoms with Crippen LogP contribution in [0.3, 0.4) is 0 Å². The second-order valence-electron chi connectivity index (χ2n) is 3.29. The summed E-state index contributed by atoms with van der Waals surface area (Å²) in [5.41, 5.74) is 5.75. The third-order valence-corrected chi connectivity index (χ3v) is 2.09. The first kappa shape index (κ1) is 8.22. The third kappa shape index (κ3) is 1.85. The van der Waals surface area contributed by atoms with Crippen molar-refractivity contribution in [1.82, 2.24) is 10.1 Å². The van der Waals surface area contributed by atoms with Crippen LogP contribution >= 0.6 is 0 Å². The van der Waals surface area contributed by atoms with Gasteiger partial charge in [0.05, 0.1) is 5.84 Å². The van der Waals surface area contributed by atoms with E-state index in [9.17, 15) is 0 Å². The van der Waals surface area contributed by atoms with Gasteiger partial charge in [0.25, 0.3) is 0 Å². The first-order valence-corrected chi connectivity index (χ1v) is 4.37. The molecule has 0 bridgehead atoms. The number of rotatable bonds is 3. The van der Waals surface area contributed by atoms with Gasteiger partial charge >= 0.3 is 0 Å². The van der Waals surface area contributed by atoms with E-state index in [4.69, 9.17) is 5.73 Å². The van der Waals surface area contributed by atoms with Gasteiger partial charge in [-0.25, -0.2) is 0 Å². The number of hydrogen-bond donors (Lipinski definition) is 1. The molecular formula is C8H12N4O. The highest BCUT2D eigenvalue weighted by molar-refractivity contribution is 5.85. The Morgan fingerprint density at radius 1 is 1.77 bits per heavy atom. The number of nitrogens with two attached hydrogens (primary N) is 1. The minimum Gasteiger partial charge on any atom is -0.387 e. The van der Waals surface area contributed by atoms with Gasteiger partial charge < -0.3 is 10.3 Å². The average Bonchev–Trinajstić information content (AvgIpc) is 2.81. The Labute approximate surface area is 76.0 Å². The van der Waals surface area contributed by atoms with E-state index < -0.39 is 0 Å². The fraction of sp³-hybridized carbons (Fsp3) is 0.625. The molecule has 1 atom stereocenters. The Kier molecular flexibility index (Phi) is 2.00. The van der Waals surface area contributed by atoms with E-state index in [0.717, 1.165) is 18.7 Å². The lowest BCUT2D eigenvalue weighted by Crippen LogP contribution is -2.15. The molecule has 2 rings (SSSR count). The fourth-order valence-electron chi connectivity index (χ4n) is 1.13. The fourth-order valence-corrected chi connectivity index (χ4v) is 1.13. The van der Waals surface area contributed by atoms with Crippen LogP contribution in [0.1, 0.15) is 31.6 Å². The Hall–Kier alpha value is -1.39. The van der Waals surface area contributed by atoms with Crippen LogP contribution in [-0.4, -0.2) is 16.0 Å². The normalized spacial score (nSPS) is 20.2. The Bertz CT molecular complexity index is 302. The molecule has 0 radical (unpaired) electrons. The molecule has 1 aromatic heterocycles. The highest BCUT2D eigenvalue weighted by Gasteiger charge is 2.26. The summed E-state index contributed by atoms with van der Waals surface area (Å²) in [7, 11) is 0. The van der Waals surface area contributed by atoms with Crippen LogP contribution in [0, 0.1) is 5.92 Å². The van der Waals surface area contributed by atoms with E-state index in [1.165, 1.54) is 6.39 Å². The van der Waals surface area contributed by atoms with E-state index in [0.29, 0.717) is 11.7 Å². The highest BCUT2D eigenvalue weighted by atomic mass is 16.5. The van der Waals surface area contributed by atoms with Crippen LogP contribution in [0.15, 0.2) is 15.9 Å². The second kappa shape index (κ2) is 3.16. The first-order chi connectivity index (χ1) is 6.27. The summed E-state index contributed by atoms with van der Waals surface area (Å²) in [6, 6.07) is -0.0978. The van der Waals surface area contributed by atoms with Crippen molar-refractivity contribution in [3.8, 4) is 0 Å². The third-order valence-electron chi connectivity index (χ3n) is 2.09. The van der Waals surface area contributed by atoms with Crippen molar-refractivity contribution in [3.63, 3.8) is 0 Å². The van der Waals surface area contributed by atoms with Gasteiger partial charge in [0.1, 0.15) is 6.04 Å². The molecule has 1 unspecified atom stereocenters. The van der Waals surface area contributed by atoms with E-state index in [1.54, 1.807) is 0 Å². The van der Waals surface area contributed by atoms with Crippen molar-refractivity contribution in [2.45, 2.75) is 25.8 Å². The van der Waals surface area contributed by atoms with E-state index in [1.807, 2.05) is 6.92 Å². The minimum absolute atomic E-state index is 0.0978. The molecule has 1 aromatic rings. The average molecular weight is 180 g/mol. The van der Waals surface area contributed by atoms with Crippen LogP contribution in [0.25, 0.3) is 0 Å². The maximum atomic E-state index is 5.75.